The van der Waals surface area contributed by atoms with Gasteiger partial charge in [-0.3, -0.25) is 0 Å². The fraction of sp³-hybridized carbons (Fsp3) is 0.429. The number of hydrogen-bond acceptors (Lipinski definition) is 1. The molecule has 0 amide bonds. The van der Waals surface area contributed by atoms with Crippen molar-refractivity contribution in [3.05, 3.63) is 58.7 Å². The van der Waals surface area contributed by atoms with Crippen molar-refractivity contribution in [1.29, 1.82) is 0 Å². The predicted molar refractivity (Wildman–Crippen MR) is 93.5 cm³/mol. The summed E-state index contributed by atoms with van der Waals surface area (Å²) in [7, 11) is 1.79. The molecule has 0 N–H and O–H groups in total. The molecule has 2 aromatic carbocycles. The molecule has 1 aliphatic carbocycles. The first-order chi connectivity index (χ1) is 10.6. The smallest absolute Gasteiger partial charge is 0.0462 e. The molecule has 0 atom stereocenters. The van der Waals surface area contributed by atoms with E-state index < -0.39 is 0 Å². The maximum atomic E-state index is 5.22. The third-order valence-electron chi connectivity index (χ3n) is 5.10. The molecule has 0 aromatic heterocycles. The molecular weight excluding hydrogens is 268 g/mol. The molecule has 22 heavy (non-hydrogen) atoms. The summed E-state index contributed by atoms with van der Waals surface area (Å²) < 4.78 is 5.22. The van der Waals surface area contributed by atoms with E-state index in [-0.39, 0.29) is 5.41 Å². The lowest BCUT2D eigenvalue weighted by molar-refractivity contribution is 0.190. The van der Waals surface area contributed by atoms with Crippen molar-refractivity contribution < 1.29 is 4.74 Å². The number of hydrogen-bond donors (Lipinski definition) is 0. The monoisotopic (exact) mass is 294 g/mol. The largest absolute Gasteiger partial charge is 0.385 e. The second kappa shape index (κ2) is 5.89. The van der Waals surface area contributed by atoms with Crippen LogP contribution in [0, 0.1) is 13.8 Å². The van der Waals surface area contributed by atoms with Gasteiger partial charge in [0.15, 0.2) is 0 Å². The minimum Gasteiger partial charge on any atom is -0.385 e. The van der Waals surface area contributed by atoms with Crippen LogP contribution in [0.1, 0.15) is 48.4 Å². The average molecular weight is 294 g/mol. The highest BCUT2D eigenvalue weighted by atomic mass is 16.5. The summed E-state index contributed by atoms with van der Waals surface area (Å²) >= 11 is 0. The summed E-state index contributed by atoms with van der Waals surface area (Å²) in [6.45, 7) is 7.67. The number of methoxy groups -OCH3 is 1. The van der Waals surface area contributed by atoms with Crippen LogP contribution in [-0.2, 0) is 10.2 Å². The molecule has 0 saturated heterocycles. The van der Waals surface area contributed by atoms with Crippen LogP contribution < -0.4 is 0 Å². The number of ether oxygens (including phenoxy) is 1. The van der Waals surface area contributed by atoms with Crippen LogP contribution in [0.3, 0.4) is 0 Å². The van der Waals surface area contributed by atoms with Crippen LogP contribution in [0.2, 0.25) is 0 Å². The van der Waals surface area contributed by atoms with Crippen LogP contribution >= 0.6 is 0 Å². The molecule has 0 saturated carbocycles. The van der Waals surface area contributed by atoms with Gasteiger partial charge in [-0.25, -0.2) is 0 Å². The maximum Gasteiger partial charge on any atom is 0.0462 e. The van der Waals surface area contributed by atoms with Gasteiger partial charge in [0.1, 0.15) is 0 Å². The van der Waals surface area contributed by atoms with E-state index in [2.05, 4.69) is 57.2 Å². The summed E-state index contributed by atoms with van der Waals surface area (Å²) in [6, 6.07) is 13.9. The standard InChI is InChI=1S/C21H26O/c1-15-7-9-17-18-10-8-16(2)14-20(18)21(3,19(17)13-15)11-5-6-12-22-4/h7-10,13-14H,5-6,11-12H2,1-4H3. The van der Waals surface area contributed by atoms with Crippen molar-refractivity contribution >= 4 is 0 Å². The van der Waals surface area contributed by atoms with E-state index in [4.69, 9.17) is 4.74 Å². The molecule has 1 nitrogen and oxygen atoms in total. The first-order valence-electron chi connectivity index (χ1n) is 8.28. The van der Waals surface area contributed by atoms with Gasteiger partial charge in [-0.15, -0.1) is 0 Å². The Morgan fingerprint density at radius 3 is 1.91 bits per heavy atom. The van der Waals surface area contributed by atoms with Gasteiger partial charge in [0.25, 0.3) is 0 Å². The minimum absolute atomic E-state index is 0.135. The SMILES string of the molecule is COCCCCC1(C)c2cc(C)ccc2-c2ccc(C)cc21. The molecule has 0 aliphatic heterocycles. The Bertz CT molecular complexity index is 633. The summed E-state index contributed by atoms with van der Waals surface area (Å²) in [6.07, 6.45) is 3.52. The fourth-order valence-electron chi connectivity index (χ4n) is 3.84. The van der Waals surface area contributed by atoms with Crippen LogP contribution in [-0.4, -0.2) is 13.7 Å². The Morgan fingerprint density at radius 2 is 1.41 bits per heavy atom. The van der Waals surface area contributed by atoms with Gasteiger partial charge in [0, 0.05) is 19.1 Å². The summed E-state index contributed by atoms with van der Waals surface area (Å²) in [5, 5.41) is 0. The van der Waals surface area contributed by atoms with Gasteiger partial charge in [-0.05, 0) is 55.4 Å². The number of rotatable bonds is 5. The second-order valence-corrected chi connectivity index (χ2v) is 6.88. The lowest BCUT2D eigenvalue weighted by Gasteiger charge is -2.28. The first-order valence-corrected chi connectivity index (χ1v) is 8.28. The Hall–Kier alpha value is -1.60. The highest BCUT2D eigenvalue weighted by Gasteiger charge is 2.38. The van der Waals surface area contributed by atoms with Gasteiger partial charge in [-0.2, -0.15) is 0 Å². The van der Waals surface area contributed by atoms with E-state index in [9.17, 15) is 0 Å². The van der Waals surface area contributed by atoms with Gasteiger partial charge in [0.2, 0.25) is 0 Å². The van der Waals surface area contributed by atoms with Gasteiger partial charge in [0.05, 0.1) is 0 Å². The van der Waals surface area contributed by atoms with Crippen molar-refractivity contribution in [2.24, 2.45) is 0 Å². The Kier molecular flexibility index (Phi) is 4.10. The van der Waals surface area contributed by atoms with E-state index in [1.165, 1.54) is 46.2 Å². The maximum absolute atomic E-state index is 5.22. The van der Waals surface area contributed by atoms with Gasteiger partial charge < -0.3 is 4.74 Å². The Balaban J connectivity index is 2.05. The van der Waals surface area contributed by atoms with E-state index in [0.29, 0.717) is 0 Å². The lowest BCUT2D eigenvalue weighted by atomic mass is 9.75. The van der Waals surface area contributed by atoms with E-state index in [1.807, 2.05) is 0 Å². The van der Waals surface area contributed by atoms with Crippen LogP contribution in [0.4, 0.5) is 0 Å². The molecule has 2 aromatic rings. The van der Waals surface area contributed by atoms with Gasteiger partial charge in [-0.1, -0.05) is 54.4 Å². The van der Waals surface area contributed by atoms with Crippen molar-refractivity contribution in [2.75, 3.05) is 13.7 Å². The van der Waals surface area contributed by atoms with E-state index in [0.717, 1.165) is 13.0 Å². The molecule has 116 valence electrons. The number of fused-ring (bicyclic) bond motifs is 3. The average Bonchev–Trinajstić information content (AvgIpc) is 2.73. The quantitative estimate of drug-likeness (QED) is 0.670. The summed E-state index contributed by atoms with van der Waals surface area (Å²) in [5.41, 5.74) is 8.70. The van der Waals surface area contributed by atoms with Crippen molar-refractivity contribution in [3.63, 3.8) is 0 Å². The number of benzene rings is 2. The van der Waals surface area contributed by atoms with E-state index in [1.54, 1.807) is 7.11 Å². The third kappa shape index (κ3) is 2.48. The zero-order valence-electron chi connectivity index (χ0n) is 14.2. The Labute approximate surface area is 134 Å². The summed E-state index contributed by atoms with van der Waals surface area (Å²) in [4.78, 5) is 0. The molecule has 0 spiro atoms. The number of aryl methyl sites for hydroxylation is 2. The molecule has 0 radical (unpaired) electrons. The molecule has 0 heterocycles. The second-order valence-electron chi connectivity index (χ2n) is 6.88. The number of unbranched alkanes of at least 4 members (excludes halogenated alkanes) is 1. The molecule has 1 heteroatoms. The molecule has 0 bridgehead atoms. The van der Waals surface area contributed by atoms with Crippen molar-refractivity contribution in [2.45, 2.75) is 45.4 Å². The Morgan fingerprint density at radius 1 is 0.864 bits per heavy atom. The topological polar surface area (TPSA) is 9.23 Å². The van der Waals surface area contributed by atoms with Gasteiger partial charge >= 0.3 is 0 Å². The zero-order valence-corrected chi connectivity index (χ0v) is 14.2. The highest BCUT2D eigenvalue weighted by molar-refractivity contribution is 5.81. The normalized spacial score (nSPS) is 14.7. The highest BCUT2D eigenvalue weighted by Crippen LogP contribution is 2.51. The van der Waals surface area contributed by atoms with Crippen LogP contribution in [0.25, 0.3) is 11.1 Å². The molecule has 3 rings (SSSR count). The molecule has 0 unspecified atom stereocenters. The van der Waals surface area contributed by atoms with Crippen molar-refractivity contribution in [1.82, 2.24) is 0 Å². The minimum atomic E-state index is 0.135. The molecule has 1 aliphatic rings. The van der Waals surface area contributed by atoms with Crippen LogP contribution in [0.5, 0.6) is 0 Å². The first kappa shape index (κ1) is 15.3. The molecular formula is C21H26O. The van der Waals surface area contributed by atoms with Crippen LogP contribution in [0.15, 0.2) is 36.4 Å². The lowest BCUT2D eigenvalue weighted by Crippen LogP contribution is -2.21. The van der Waals surface area contributed by atoms with E-state index >= 15 is 0 Å². The summed E-state index contributed by atoms with van der Waals surface area (Å²) in [5.74, 6) is 0. The molecule has 0 fully saturated rings. The predicted octanol–water partition coefficient (Wildman–Crippen LogP) is 5.41. The van der Waals surface area contributed by atoms with Crippen molar-refractivity contribution in [3.8, 4) is 11.1 Å². The fourth-order valence-corrected chi connectivity index (χ4v) is 3.84. The zero-order chi connectivity index (χ0) is 15.7. The third-order valence-corrected chi connectivity index (χ3v) is 5.10.